The average Bonchev–Trinajstić information content (AvgIpc) is 2.85. The van der Waals surface area contributed by atoms with E-state index < -0.39 is 0 Å². The van der Waals surface area contributed by atoms with Crippen LogP contribution in [0.25, 0.3) is 22.5 Å². The van der Waals surface area contributed by atoms with E-state index in [0.717, 1.165) is 29.0 Å². The Morgan fingerprint density at radius 3 is 1.71 bits per heavy atom. The third-order valence-electron chi connectivity index (χ3n) is 5.13. The lowest BCUT2D eigenvalue weighted by Gasteiger charge is -2.13. The standard InChI is InChI=1S/C29H31N3O3/c1-20(2)34-25-14-10-23(11-15-25)27-28(24-12-16-26(17-13-24)35-21(3)4)31-32-29(30-27)33-19-18-22-8-6-5-7-9-22/h5-17,20-21H,18-19H2,1-4H3. The predicted molar refractivity (Wildman–Crippen MR) is 138 cm³/mol. The molecule has 0 saturated heterocycles. The second-order valence-electron chi connectivity index (χ2n) is 8.76. The van der Waals surface area contributed by atoms with Crippen molar-refractivity contribution < 1.29 is 14.2 Å². The van der Waals surface area contributed by atoms with Crippen molar-refractivity contribution >= 4 is 0 Å². The first-order valence-electron chi connectivity index (χ1n) is 11.9. The highest BCUT2D eigenvalue weighted by atomic mass is 16.5. The zero-order valence-electron chi connectivity index (χ0n) is 20.6. The van der Waals surface area contributed by atoms with Crippen LogP contribution in [0.2, 0.25) is 0 Å². The minimum atomic E-state index is 0.105. The third-order valence-corrected chi connectivity index (χ3v) is 5.13. The smallest absolute Gasteiger partial charge is 0.336 e. The molecule has 0 aliphatic heterocycles. The molecule has 180 valence electrons. The van der Waals surface area contributed by atoms with E-state index in [0.29, 0.717) is 18.0 Å². The minimum Gasteiger partial charge on any atom is -0.491 e. The van der Waals surface area contributed by atoms with Gasteiger partial charge >= 0.3 is 6.01 Å². The maximum atomic E-state index is 5.87. The summed E-state index contributed by atoms with van der Waals surface area (Å²) in [7, 11) is 0. The molecule has 0 aliphatic rings. The molecule has 6 nitrogen and oxygen atoms in total. The zero-order chi connectivity index (χ0) is 24.6. The average molecular weight is 470 g/mol. The van der Waals surface area contributed by atoms with Crippen LogP contribution in [0, 0.1) is 0 Å². The summed E-state index contributed by atoms with van der Waals surface area (Å²) in [5, 5.41) is 8.76. The van der Waals surface area contributed by atoms with Crippen LogP contribution in [-0.2, 0) is 6.42 Å². The Balaban J connectivity index is 1.61. The molecule has 4 rings (SSSR count). The summed E-state index contributed by atoms with van der Waals surface area (Å²) >= 11 is 0. The van der Waals surface area contributed by atoms with Crippen molar-refractivity contribution in [1.82, 2.24) is 15.2 Å². The van der Waals surface area contributed by atoms with Crippen LogP contribution in [-0.4, -0.2) is 34.0 Å². The highest BCUT2D eigenvalue weighted by molar-refractivity contribution is 5.78. The van der Waals surface area contributed by atoms with Crippen molar-refractivity contribution in [1.29, 1.82) is 0 Å². The van der Waals surface area contributed by atoms with Gasteiger partial charge in [-0.25, -0.2) is 0 Å². The minimum absolute atomic E-state index is 0.105. The van der Waals surface area contributed by atoms with Crippen molar-refractivity contribution in [3.63, 3.8) is 0 Å². The van der Waals surface area contributed by atoms with E-state index in [4.69, 9.17) is 19.2 Å². The summed E-state index contributed by atoms with van der Waals surface area (Å²) in [6.07, 6.45) is 0.977. The van der Waals surface area contributed by atoms with Crippen LogP contribution >= 0.6 is 0 Å². The Morgan fingerprint density at radius 1 is 0.629 bits per heavy atom. The van der Waals surface area contributed by atoms with E-state index in [-0.39, 0.29) is 18.2 Å². The van der Waals surface area contributed by atoms with E-state index in [1.807, 2.05) is 94.4 Å². The van der Waals surface area contributed by atoms with Crippen LogP contribution < -0.4 is 14.2 Å². The van der Waals surface area contributed by atoms with E-state index in [9.17, 15) is 0 Å². The fraction of sp³-hybridized carbons (Fsp3) is 0.276. The summed E-state index contributed by atoms with van der Waals surface area (Å²) in [6, 6.07) is 26.1. The van der Waals surface area contributed by atoms with Gasteiger partial charge in [-0.05, 0) is 81.8 Å². The summed E-state index contributed by atoms with van der Waals surface area (Å²) in [6.45, 7) is 8.49. The predicted octanol–water partition coefficient (Wildman–Crippen LogP) is 6.40. The molecule has 0 unspecified atom stereocenters. The van der Waals surface area contributed by atoms with E-state index >= 15 is 0 Å². The van der Waals surface area contributed by atoms with Crippen molar-refractivity contribution in [2.75, 3.05) is 6.61 Å². The van der Waals surface area contributed by atoms with Crippen molar-refractivity contribution in [2.24, 2.45) is 0 Å². The second kappa shape index (κ2) is 11.5. The number of hydrogen-bond donors (Lipinski definition) is 0. The lowest BCUT2D eigenvalue weighted by Crippen LogP contribution is -2.07. The van der Waals surface area contributed by atoms with Crippen molar-refractivity contribution in [2.45, 2.75) is 46.3 Å². The molecule has 0 amide bonds. The van der Waals surface area contributed by atoms with Gasteiger partial charge in [-0.3, -0.25) is 0 Å². The number of rotatable bonds is 10. The number of nitrogens with zero attached hydrogens (tertiary/aromatic N) is 3. The molecule has 3 aromatic carbocycles. The van der Waals surface area contributed by atoms with Gasteiger partial charge in [-0.1, -0.05) is 35.4 Å². The van der Waals surface area contributed by atoms with Crippen LogP contribution in [0.3, 0.4) is 0 Å². The van der Waals surface area contributed by atoms with Gasteiger partial charge in [0, 0.05) is 17.5 Å². The Kier molecular flexibility index (Phi) is 7.93. The zero-order valence-corrected chi connectivity index (χ0v) is 20.6. The van der Waals surface area contributed by atoms with Gasteiger partial charge in [-0.15, -0.1) is 5.10 Å². The highest BCUT2D eigenvalue weighted by Gasteiger charge is 2.15. The monoisotopic (exact) mass is 469 g/mol. The Bertz CT molecular complexity index is 1210. The molecule has 0 fully saturated rings. The van der Waals surface area contributed by atoms with Crippen LogP contribution in [0.5, 0.6) is 17.5 Å². The highest BCUT2D eigenvalue weighted by Crippen LogP contribution is 2.31. The first-order valence-corrected chi connectivity index (χ1v) is 11.9. The maximum absolute atomic E-state index is 5.87. The van der Waals surface area contributed by atoms with Gasteiger partial charge in [0.1, 0.15) is 22.9 Å². The SMILES string of the molecule is CC(C)Oc1ccc(-c2nnc(OCCc3ccccc3)nc2-c2ccc(OC(C)C)cc2)cc1. The summed E-state index contributed by atoms with van der Waals surface area (Å²) in [5.74, 6) is 1.61. The molecule has 35 heavy (non-hydrogen) atoms. The molecule has 1 heterocycles. The van der Waals surface area contributed by atoms with Crippen LogP contribution in [0.15, 0.2) is 78.9 Å². The number of benzene rings is 3. The van der Waals surface area contributed by atoms with Gasteiger partial charge in [0.05, 0.1) is 18.8 Å². The molecular formula is C29H31N3O3. The summed E-state index contributed by atoms with van der Waals surface area (Å²) in [4.78, 5) is 4.74. The van der Waals surface area contributed by atoms with Crippen LogP contribution in [0.4, 0.5) is 0 Å². The van der Waals surface area contributed by atoms with E-state index in [1.165, 1.54) is 5.56 Å². The van der Waals surface area contributed by atoms with Gasteiger partial charge in [0.2, 0.25) is 0 Å². The molecule has 0 saturated carbocycles. The number of aromatic nitrogens is 3. The Morgan fingerprint density at radius 2 is 1.17 bits per heavy atom. The lowest BCUT2D eigenvalue weighted by atomic mass is 10.0. The lowest BCUT2D eigenvalue weighted by molar-refractivity contribution is 0.242. The van der Waals surface area contributed by atoms with Gasteiger partial charge < -0.3 is 14.2 Å². The molecule has 0 N–H and O–H groups in total. The van der Waals surface area contributed by atoms with Gasteiger partial charge in [0.15, 0.2) is 0 Å². The molecule has 0 radical (unpaired) electrons. The normalized spacial score (nSPS) is 11.0. The van der Waals surface area contributed by atoms with E-state index in [1.54, 1.807) is 0 Å². The first kappa shape index (κ1) is 24.2. The third kappa shape index (κ3) is 6.79. The van der Waals surface area contributed by atoms with Gasteiger partial charge in [-0.2, -0.15) is 4.98 Å². The molecule has 0 atom stereocenters. The largest absolute Gasteiger partial charge is 0.491 e. The molecule has 0 bridgehead atoms. The Hall–Kier alpha value is -3.93. The maximum Gasteiger partial charge on any atom is 0.336 e. The fourth-order valence-corrected chi connectivity index (χ4v) is 3.60. The quantitative estimate of drug-likeness (QED) is 0.268. The molecule has 1 aromatic heterocycles. The first-order chi connectivity index (χ1) is 17.0. The molecule has 6 heteroatoms. The van der Waals surface area contributed by atoms with Crippen LogP contribution in [0.1, 0.15) is 33.3 Å². The van der Waals surface area contributed by atoms with Crippen molar-refractivity contribution in [3.05, 3.63) is 84.4 Å². The summed E-state index contributed by atoms with van der Waals surface area (Å²) in [5.41, 5.74) is 4.37. The molecule has 0 spiro atoms. The number of ether oxygens (including phenoxy) is 3. The molecule has 0 aliphatic carbocycles. The van der Waals surface area contributed by atoms with E-state index in [2.05, 4.69) is 22.3 Å². The van der Waals surface area contributed by atoms with Gasteiger partial charge in [0.25, 0.3) is 0 Å². The Labute approximate surface area is 206 Å². The number of hydrogen-bond acceptors (Lipinski definition) is 6. The topological polar surface area (TPSA) is 66.4 Å². The van der Waals surface area contributed by atoms with Crippen molar-refractivity contribution in [3.8, 4) is 40.0 Å². The summed E-state index contributed by atoms with van der Waals surface area (Å²) < 4.78 is 17.4. The molecule has 4 aromatic rings. The molecular weight excluding hydrogens is 438 g/mol. The second-order valence-corrected chi connectivity index (χ2v) is 8.76. The fourth-order valence-electron chi connectivity index (χ4n) is 3.60.